The summed E-state index contributed by atoms with van der Waals surface area (Å²) in [6, 6.07) is 7.49. The van der Waals surface area contributed by atoms with Crippen LogP contribution in [0.4, 0.5) is 5.69 Å². The van der Waals surface area contributed by atoms with Crippen LogP contribution < -0.4 is 10.5 Å². The van der Waals surface area contributed by atoms with Gasteiger partial charge >= 0.3 is 0 Å². The number of rotatable bonds is 5. The second-order valence-electron chi connectivity index (χ2n) is 6.07. The lowest BCUT2D eigenvalue weighted by atomic mass is 9.92. The van der Waals surface area contributed by atoms with Gasteiger partial charge in [-0.05, 0) is 30.6 Å². The highest BCUT2D eigenvalue weighted by atomic mass is 28.3. The van der Waals surface area contributed by atoms with Crippen molar-refractivity contribution in [2.45, 2.75) is 46.6 Å². The molecule has 0 heterocycles. The summed E-state index contributed by atoms with van der Waals surface area (Å²) in [5, 5.41) is 0. The van der Waals surface area contributed by atoms with Crippen molar-refractivity contribution in [3.63, 3.8) is 0 Å². The summed E-state index contributed by atoms with van der Waals surface area (Å²) in [6.07, 6.45) is 0.686. The Morgan fingerprint density at radius 3 is 2.44 bits per heavy atom. The molecule has 0 aliphatic heterocycles. The predicted octanol–water partition coefficient (Wildman–Crippen LogP) is 3.41. The highest BCUT2D eigenvalue weighted by Gasteiger charge is 2.21. The maximum Gasteiger partial charge on any atom is 0.191 e. The summed E-state index contributed by atoms with van der Waals surface area (Å²) < 4.78 is 11.9. The van der Waals surface area contributed by atoms with Gasteiger partial charge in [-0.1, -0.05) is 26.8 Å². The molecule has 0 aromatic heterocycles. The second kappa shape index (κ2) is 6.25. The molecule has 3 nitrogen and oxygen atoms in total. The van der Waals surface area contributed by atoms with Crippen molar-refractivity contribution in [1.29, 1.82) is 0 Å². The Kier molecular flexibility index (Phi) is 5.23. The Balaban J connectivity index is 2.71. The van der Waals surface area contributed by atoms with E-state index in [1.807, 2.05) is 24.3 Å². The van der Waals surface area contributed by atoms with Crippen LogP contribution in [0, 0.1) is 5.41 Å². The quantitative estimate of drug-likeness (QED) is 0.505. The van der Waals surface area contributed by atoms with Gasteiger partial charge in [0, 0.05) is 18.2 Å². The molecule has 0 fully saturated rings. The maximum atomic E-state index is 5.95. The van der Waals surface area contributed by atoms with Gasteiger partial charge in [0.1, 0.15) is 5.75 Å². The van der Waals surface area contributed by atoms with E-state index >= 15 is 0 Å². The lowest BCUT2D eigenvalue weighted by molar-refractivity contribution is -0.0246. The lowest BCUT2D eigenvalue weighted by Crippen LogP contribution is -2.30. The molecular weight excluding hydrogens is 242 g/mol. The third-order valence-corrected chi connectivity index (χ3v) is 3.18. The van der Waals surface area contributed by atoms with E-state index in [1.54, 1.807) is 0 Å². The molecule has 2 N–H and O–H groups in total. The van der Waals surface area contributed by atoms with Crippen molar-refractivity contribution >= 4 is 14.7 Å². The monoisotopic (exact) mass is 267 g/mol. The first kappa shape index (κ1) is 15.1. The zero-order valence-electron chi connectivity index (χ0n) is 12.1. The van der Waals surface area contributed by atoms with Crippen molar-refractivity contribution in [1.82, 2.24) is 0 Å². The first-order valence-corrected chi connectivity index (χ1v) is 9.22. The summed E-state index contributed by atoms with van der Waals surface area (Å²) in [5.74, 6) is 0.777. The molecule has 1 atom stereocenters. The molecule has 1 aromatic rings. The van der Waals surface area contributed by atoms with E-state index in [1.165, 1.54) is 0 Å². The van der Waals surface area contributed by atoms with Crippen LogP contribution in [0.1, 0.15) is 27.2 Å². The highest BCUT2D eigenvalue weighted by molar-refractivity contribution is 6.48. The van der Waals surface area contributed by atoms with E-state index < -0.39 is 9.04 Å². The average Bonchev–Trinajstić information content (AvgIpc) is 2.12. The number of nitrogen functional groups attached to an aromatic ring is 1. The number of ether oxygens (including phenoxy) is 1. The highest BCUT2D eigenvalue weighted by Crippen LogP contribution is 2.25. The molecule has 18 heavy (non-hydrogen) atoms. The minimum atomic E-state index is -1.13. The lowest BCUT2D eigenvalue weighted by Gasteiger charge is -2.28. The van der Waals surface area contributed by atoms with Crippen LogP contribution in [-0.2, 0) is 4.43 Å². The van der Waals surface area contributed by atoms with Crippen molar-refractivity contribution in [3.05, 3.63) is 24.3 Å². The minimum Gasteiger partial charge on any atom is -0.466 e. The number of nitrogens with two attached hydrogens (primary N) is 1. The Labute approximate surface area is 112 Å². The van der Waals surface area contributed by atoms with Gasteiger partial charge in [0.25, 0.3) is 0 Å². The van der Waals surface area contributed by atoms with Crippen molar-refractivity contribution < 1.29 is 9.16 Å². The van der Waals surface area contributed by atoms with E-state index in [0.717, 1.165) is 12.2 Å². The van der Waals surface area contributed by atoms with Gasteiger partial charge in [0.2, 0.25) is 0 Å². The molecule has 4 heteroatoms. The largest absolute Gasteiger partial charge is 0.466 e. The van der Waals surface area contributed by atoms with Crippen LogP contribution in [0.25, 0.3) is 0 Å². The van der Waals surface area contributed by atoms with Crippen LogP contribution in [0.5, 0.6) is 5.75 Å². The van der Waals surface area contributed by atoms with E-state index in [-0.39, 0.29) is 11.7 Å². The normalized spacial score (nSPS) is 13.7. The molecular formula is C14H25NO2Si. The van der Waals surface area contributed by atoms with Gasteiger partial charge in [-0.15, -0.1) is 0 Å². The summed E-state index contributed by atoms with van der Waals surface area (Å²) >= 11 is 0. The topological polar surface area (TPSA) is 44.5 Å². The van der Waals surface area contributed by atoms with E-state index in [9.17, 15) is 0 Å². The van der Waals surface area contributed by atoms with Crippen molar-refractivity contribution in [2.75, 3.05) is 5.73 Å². The fourth-order valence-electron chi connectivity index (χ4n) is 1.66. The standard InChI is InChI=1S/C14H25NO2Si/c1-14(2,3)10-13(17-18(4)5)16-12-8-6-7-11(15)9-12/h6-9,13,18H,10,15H2,1-5H3. The Morgan fingerprint density at radius 1 is 1.28 bits per heavy atom. The third-order valence-electron chi connectivity index (χ3n) is 2.33. The van der Waals surface area contributed by atoms with Gasteiger partial charge in [0.15, 0.2) is 15.3 Å². The van der Waals surface area contributed by atoms with E-state index in [4.69, 9.17) is 14.9 Å². The van der Waals surface area contributed by atoms with Gasteiger partial charge in [0.05, 0.1) is 0 Å². The number of hydrogen-bond donors (Lipinski definition) is 1. The third kappa shape index (κ3) is 6.07. The average molecular weight is 267 g/mol. The number of anilines is 1. The second-order valence-corrected chi connectivity index (χ2v) is 8.44. The summed E-state index contributed by atoms with van der Waals surface area (Å²) in [7, 11) is -1.13. The van der Waals surface area contributed by atoms with Crippen LogP contribution in [-0.4, -0.2) is 15.3 Å². The molecule has 0 aliphatic rings. The molecule has 0 aliphatic carbocycles. The minimum absolute atomic E-state index is 0.175. The van der Waals surface area contributed by atoms with Crippen molar-refractivity contribution in [2.24, 2.45) is 5.41 Å². The van der Waals surface area contributed by atoms with E-state index in [2.05, 4.69) is 33.9 Å². The molecule has 0 spiro atoms. The number of benzene rings is 1. The van der Waals surface area contributed by atoms with E-state index in [0.29, 0.717) is 5.69 Å². The Morgan fingerprint density at radius 2 is 1.94 bits per heavy atom. The number of hydrogen-bond acceptors (Lipinski definition) is 3. The molecule has 0 amide bonds. The fraction of sp³-hybridized carbons (Fsp3) is 0.571. The van der Waals surface area contributed by atoms with Gasteiger partial charge in [-0.25, -0.2) is 0 Å². The van der Waals surface area contributed by atoms with Crippen LogP contribution in [0.2, 0.25) is 13.1 Å². The predicted molar refractivity (Wildman–Crippen MR) is 79.3 cm³/mol. The van der Waals surface area contributed by atoms with Crippen molar-refractivity contribution in [3.8, 4) is 5.75 Å². The first-order valence-electron chi connectivity index (χ1n) is 6.44. The smallest absolute Gasteiger partial charge is 0.191 e. The molecule has 102 valence electrons. The zero-order valence-corrected chi connectivity index (χ0v) is 13.2. The molecule has 0 saturated heterocycles. The summed E-state index contributed by atoms with van der Waals surface area (Å²) in [5.41, 5.74) is 6.64. The molecule has 1 unspecified atom stereocenters. The molecule has 1 aromatic carbocycles. The summed E-state index contributed by atoms with van der Waals surface area (Å²) in [4.78, 5) is 0. The zero-order chi connectivity index (χ0) is 13.8. The Bertz CT molecular complexity index is 374. The van der Waals surface area contributed by atoms with Gasteiger partial charge in [-0.2, -0.15) is 0 Å². The molecule has 0 radical (unpaired) electrons. The van der Waals surface area contributed by atoms with Crippen LogP contribution >= 0.6 is 0 Å². The van der Waals surface area contributed by atoms with Gasteiger partial charge < -0.3 is 14.9 Å². The first-order chi connectivity index (χ1) is 8.26. The maximum absolute atomic E-state index is 5.95. The molecule has 0 bridgehead atoms. The SMILES string of the molecule is C[SiH](C)OC(CC(C)(C)C)Oc1cccc(N)c1. The molecule has 1 rings (SSSR count). The van der Waals surface area contributed by atoms with Gasteiger partial charge in [-0.3, -0.25) is 0 Å². The fourth-order valence-corrected chi connectivity index (χ4v) is 2.42. The van der Waals surface area contributed by atoms with Crippen LogP contribution in [0.3, 0.4) is 0 Å². The van der Waals surface area contributed by atoms with Crippen LogP contribution in [0.15, 0.2) is 24.3 Å². The summed E-state index contributed by atoms with van der Waals surface area (Å²) in [6.45, 7) is 10.9. The molecule has 0 saturated carbocycles. The Hall–Kier alpha value is -1.00.